The maximum atomic E-state index is 13.4. The number of hydrogen-bond acceptors (Lipinski definition) is 7. The molecule has 0 fully saturated rings. The summed E-state index contributed by atoms with van der Waals surface area (Å²) in [5.41, 5.74) is 0.256. The Labute approximate surface area is 193 Å². The monoisotopic (exact) mass is 485 g/mol. The van der Waals surface area contributed by atoms with Gasteiger partial charge in [0.2, 0.25) is 10.0 Å². The van der Waals surface area contributed by atoms with Crippen LogP contribution in [0.15, 0.2) is 75.7 Å². The second-order valence-electron chi connectivity index (χ2n) is 7.18. The molecule has 0 aliphatic carbocycles. The Hall–Kier alpha value is -3.54. The molecule has 0 atom stereocenters. The maximum Gasteiger partial charge on any atom is 0.269 e. The summed E-state index contributed by atoms with van der Waals surface area (Å²) >= 11 is 1.39. The van der Waals surface area contributed by atoms with Crippen molar-refractivity contribution in [1.82, 2.24) is 9.29 Å². The van der Waals surface area contributed by atoms with Crippen molar-refractivity contribution in [2.75, 3.05) is 7.11 Å². The Morgan fingerprint density at radius 2 is 1.85 bits per heavy atom. The third-order valence-corrected chi connectivity index (χ3v) is 7.74. The molecule has 0 bridgehead atoms. The number of sulfonamides is 1. The zero-order chi connectivity index (χ0) is 23.6. The highest BCUT2D eigenvalue weighted by Crippen LogP contribution is 2.25. The van der Waals surface area contributed by atoms with Crippen LogP contribution in [-0.2, 0) is 23.1 Å². The second-order valence-corrected chi connectivity index (χ2v) is 10.2. The van der Waals surface area contributed by atoms with Gasteiger partial charge in [0.1, 0.15) is 5.75 Å². The predicted molar refractivity (Wildman–Crippen MR) is 125 cm³/mol. The highest BCUT2D eigenvalue weighted by molar-refractivity contribution is 7.89. The molecule has 4 aromatic rings. The number of nitrogens with one attached hydrogen (secondary N) is 1. The topological polar surface area (TPSA) is 123 Å². The van der Waals surface area contributed by atoms with Crippen molar-refractivity contribution in [1.29, 1.82) is 0 Å². The van der Waals surface area contributed by atoms with Gasteiger partial charge in [-0.05, 0) is 47.8 Å². The summed E-state index contributed by atoms with van der Waals surface area (Å²) in [4.78, 5) is 26.5. The van der Waals surface area contributed by atoms with Crippen molar-refractivity contribution in [3.05, 3.63) is 97.0 Å². The molecule has 0 saturated carbocycles. The average Bonchev–Trinajstić information content (AvgIpc) is 3.32. The normalized spacial score (nSPS) is 11.7. The fraction of sp³-hybridized carbons (Fsp3) is 0.136. The molecular formula is C22H19N3O6S2. The molecule has 0 saturated heterocycles. The summed E-state index contributed by atoms with van der Waals surface area (Å²) in [7, 11) is -2.53. The Kier molecular flexibility index (Phi) is 6.27. The number of ether oxygens (including phenoxy) is 1. The molecule has 0 spiro atoms. The summed E-state index contributed by atoms with van der Waals surface area (Å²) in [6.45, 7) is -0.133. The van der Waals surface area contributed by atoms with Crippen molar-refractivity contribution in [2.45, 2.75) is 18.0 Å². The highest BCUT2D eigenvalue weighted by atomic mass is 32.2. The van der Waals surface area contributed by atoms with Crippen LogP contribution >= 0.6 is 11.3 Å². The summed E-state index contributed by atoms with van der Waals surface area (Å²) in [5, 5.41) is 13.5. The van der Waals surface area contributed by atoms with E-state index < -0.39 is 20.5 Å². The Morgan fingerprint density at radius 3 is 2.48 bits per heavy atom. The number of rotatable bonds is 8. The average molecular weight is 486 g/mol. The standard InChI is InChI=1S/C22H19N3O6S2/c1-31-18-6-9-21-15(12-18)11-16(22(26)23-21)13-24(14-19-3-2-10-32-19)33(29,30)20-7-4-17(5-8-20)25(27)28/h2-12H,13-14H2,1H3,(H,23,26). The Balaban J connectivity index is 1.75. The molecule has 0 unspecified atom stereocenters. The Morgan fingerprint density at radius 1 is 1.09 bits per heavy atom. The smallest absolute Gasteiger partial charge is 0.269 e. The van der Waals surface area contributed by atoms with Crippen LogP contribution in [0.2, 0.25) is 0 Å². The lowest BCUT2D eigenvalue weighted by atomic mass is 10.1. The zero-order valence-corrected chi connectivity index (χ0v) is 19.1. The van der Waals surface area contributed by atoms with Crippen LogP contribution in [0.3, 0.4) is 0 Å². The SMILES string of the molecule is COc1ccc2[nH]c(=O)c(CN(Cc3cccs3)S(=O)(=O)c3ccc([N+](=O)[O-])cc3)cc2c1. The number of fused-ring (bicyclic) bond motifs is 1. The van der Waals surface area contributed by atoms with Crippen LogP contribution in [-0.4, -0.2) is 29.7 Å². The first-order chi connectivity index (χ1) is 15.8. The van der Waals surface area contributed by atoms with Crippen LogP contribution in [0.25, 0.3) is 10.9 Å². The van der Waals surface area contributed by atoms with E-state index in [1.165, 1.54) is 34.9 Å². The van der Waals surface area contributed by atoms with E-state index in [0.29, 0.717) is 16.7 Å². The number of nitro groups is 1. The largest absolute Gasteiger partial charge is 0.497 e. The zero-order valence-electron chi connectivity index (χ0n) is 17.4. The molecule has 0 radical (unpaired) electrons. The quantitative estimate of drug-likeness (QED) is 0.298. The van der Waals surface area contributed by atoms with E-state index in [2.05, 4.69) is 4.98 Å². The number of aromatic amines is 1. The van der Waals surface area contributed by atoms with Crippen LogP contribution in [0.5, 0.6) is 5.75 Å². The van der Waals surface area contributed by atoms with Gasteiger partial charge in [-0.1, -0.05) is 6.07 Å². The van der Waals surface area contributed by atoms with Crippen molar-refractivity contribution >= 4 is 38.0 Å². The maximum absolute atomic E-state index is 13.4. The lowest BCUT2D eigenvalue weighted by Gasteiger charge is -2.21. The number of non-ortho nitro benzene ring substituents is 1. The summed E-state index contributed by atoms with van der Waals surface area (Å²) in [6, 6.07) is 15.1. The molecule has 33 heavy (non-hydrogen) atoms. The molecule has 0 amide bonds. The summed E-state index contributed by atoms with van der Waals surface area (Å²) in [6.07, 6.45) is 0. The third-order valence-electron chi connectivity index (χ3n) is 5.07. The molecule has 9 nitrogen and oxygen atoms in total. The molecule has 2 heterocycles. The number of thiophene rings is 1. The molecular weight excluding hydrogens is 466 g/mol. The van der Waals surface area contributed by atoms with Gasteiger partial charge in [0.05, 0.1) is 16.9 Å². The van der Waals surface area contributed by atoms with E-state index in [1.54, 1.807) is 30.3 Å². The van der Waals surface area contributed by atoms with Gasteiger partial charge in [-0.15, -0.1) is 11.3 Å². The van der Waals surface area contributed by atoms with Gasteiger partial charge in [0, 0.05) is 46.6 Å². The third kappa shape index (κ3) is 4.80. The first-order valence-corrected chi connectivity index (χ1v) is 12.1. The lowest BCUT2D eigenvalue weighted by Crippen LogP contribution is -2.32. The molecule has 0 aliphatic rings. The van der Waals surface area contributed by atoms with Crippen molar-refractivity contribution < 1.29 is 18.1 Å². The van der Waals surface area contributed by atoms with Crippen LogP contribution < -0.4 is 10.3 Å². The number of methoxy groups -OCH3 is 1. The van der Waals surface area contributed by atoms with Crippen LogP contribution in [0.1, 0.15) is 10.4 Å². The van der Waals surface area contributed by atoms with Gasteiger partial charge in [-0.25, -0.2) is 8.42 Å². The molecule has 170 valence electrons. The van der Waals surface area contributed by atoms with E-state index >= 15 is 0 Å². The highest BCUT2D eigenvalue weighted by Gasteiger charge is 2.27. The minimum atomic E-state index is -4.06. The molecule has 1 N–H and O–H groups in total. The summed E-state index contributed by atoms with van der Waals surface area (Å²) < 4.78 is 33.3. The molecule has 11 heteroatoms. The minimum Gasteiger partial charge on any atom is -0.497 e. The molecule has 2 aromatic heterocycles. The first-order valence-electron chi connectivity index (χ1n) is 9.75. The van der Waals surface area contributed by atoms with Gasteiger partial charge >= 0.3 is 0 Å². The van der Waals surface area contributed by atoms with Gasteiger partial charge in [0.25, 0.3) is 11.2 Å². The molecule has 0 aliphatic heterocycles. The van der Waals surface area contributed by atoms with E-state index in [4.69, 9.17) is 4.74 Å². The van der Waals surface area contributed by atoms with Crippen LogP contribution in [0, 0.1) is 10.1 Å². The fourth-order valence-electron chi connectivity index (χ4n) is 3.36. The van der Waals surface area contributed by atoms with E-state index in [9.17, 15) is 23.3 Å². The first kappa shape index (κ1) is 22.6. The van der Waals surface area contributed by atoms with E-state index in [1.807, 2.05) is 11.4 Å². The minimum absolute atomic E-state index is 0.0482. The van der Waals surface area contributed by atoms with Crippen molar-refractivity contribution in [3.8, 4) is 5.75 Å². The number of nitrogens with zero attached hydrogens (tertiary/aromatic N) is 2. The summed E-state index contributed by atoms with van der Waals surface area (Å²) in [5.74, 6) is 0.606. The van der Waals surface area contributed by atoms with Gasteiger partial charge < -0.3 is 9.72 Å². The van der Waals surface area contributed by atoms with Gasteiger partial charge in [0.15, 0.2) is 0 Å². The van der Waals surface area contributed by atoms with E-state index in [-0.39, 0.29) is 29.2 Å². The molecule has 4 rings (SSSR count). The number of pyridine rings is 1. The van der Waals surface area contributed by atoms with Crippen LogP contribution in [0.4, 0.5) is 5.69 Å². The van der Waals surface area contributed by atoms with E-state index in [0.717, 1.165) is 17.0 Å². The number of H-pyrrole nitrogens is 1. The number of aromatic nitrogens is 1. The predicted octanol–water partition coefficient (Wildman–Crippen LogP) is 3.90. The fourth-order valence-corrected chi connectivity index (χ4v) is 5.55. The van der Waals surface area contributed by atoms with Gasteiger partial charge in [-0.3, -0.25) is 14.9 Å². The van der Waals surface area contributed by atoms with Crippen molar-refractivity contribution in [3.63, 3.8) is 0 Å². The number of nitro benzene ring substituents is 1. The number of benzene rings is 2. The van der Waals surface area contributed by atoms with Crippen molar-refractivity contribution in [2.24, 2.45) is 0 Å². The number of hydrogen-bond donors (Lipinski definition) is 1. The van der Waals surface area contributed by atoms with Gasteiger partial charge in [-0.2, -0.15) is 4.31 Å². The lowest BCUT2D eigenvalue weighted by molar-refractivity contribution is -0.384. The second kappa shape index (κ2) is 9.14. The Bertz CT molecular complexity index is 1460. The molecule has 2 aromatic carbocycles.